The smallest absolute Gasteiger partial charge is 0.265 e. The standard InChI is InChI=1S/C21H23N7/c1-2-3-4-9-14-28-18-12-6-5-11-17(18)19-20(28)24-21(27-25-19)26-23-15-16-10-7-8-13-22-16/h5-8,10-13,15H,2-4,9,14H2,1H3,(H,24,26,27)/b23-15+. The summed E-state index contributed by atoms with van der Waals surface area (Å²) in [7, 11) is 0. The molecule has 7 nitrogen and oxygen atoms in total. The van der Waals surface area contributed by atoms with Crippen molar-refractivity contribution in [2.75, 3.05) is 5.43 Å². The van der Waals surface area contributed by atoms with E-state index in [0.29, 0.717) is 5.95 Å². The Morgan fingerprint density at radius 3 is 2.79 bits per heavy atom. The van der Waals surface area contributed by atoms with Crippen molar-refractivity contribution in [3.63, 3.8) is 0 Å². The highest BCUT2D eigenvalue weighted by Crippen LogP contribution is 2.26. The highest BCUT2D eigenvalue weighted by Gasteiger charge is 2.14. The number of benzene rings is 1. The maximum atomic E-state index is 4.69. The average Bonchev–Trinajstić information content (AvgIpc) is 3.05. The Hall–Kier alpha value is -3.35. The molecule has 1 N–H and O–H groups in total. The fourth-order valence-corrected chi connectivity index (χ4v) is 3.28. The summed E-state index contributed by atoms with van der Waals surface area (Å²) >= 11 is 0. The first-order valence-corrected chi connectivity index (χ1v) is 9.68. The number of rotatable bonds is 8. The van der Waals surface area contributed by atoms with Gasteiger partial charge in [0.1, 0.15) is 5.52 Å². The summed E-state index contributed by atoms with van der Waals surface area (Å²) in [5.41, 5.74) is 6.43. The topological polar surface area (TPSA) is 80.9 Å². The van der Waals surface area contributed by atoms with E-state index in [1.165, 1.54) is 19.3 Å². The Kier molecular flexibility index (Phi) is 5.51. The predicted molar refractivity (Wildman–Crippen MR) is 112 cm³/mol. The number of hydrazone groups is 1. The van der Waals surface area contributed by atoms with E-state index in [1.807, 2.05) is 30.3 Å². The van der Waals surface area contributed by atoms with Crippen LogP contribution in [-0.2, 0) is 6.54 Å². The molecule has 0 aliphatic carbocycles. The first-order valence-electron chi connectivity index (χ1n) is 9.68. The van der Waals surface area contributed by atoms with Gasteiger partial charge < -0.3 is 4.57 Å². The highest BCUT2D eigenvalue weighted by molar-refractivity contribution is 6.04. The molecule has 142 valence electrons. The van der Waals surface area contributed by atoms with Gasteiger partial charge in [-0.2, -0.15) is 10.1 Å². The Bertz CT molecular complexity index is 1090. The van der Waals surface area contributed by atoms with Crippen LogP contribution in [-0.4, -0.2) is 30.9 Å². The van der Waals surface area contributed by atoms with E-state index >= 15 is 0 Å². The van der Waals surface area contributed by atoms with Crippen molar-refractivity contribution in [1.29, 1.82) is 0 Å². The molecule has 0 aliphatic rings. The van der Waals surface area contributed by atoms with Gasteiger partial charge in [0.2, 0.25) is 0 Å². The molecular formula is C21H23N7. The van der Waals surface area contributed by atoms with Crippen LogP contribution in [0.5, 0.6) is 0 Å². The van der Waals surface area contributed by atoms with E-state index in [2.05, 4.69) is 54.3 Å². The number of aryl methyl sites for hydroxylation is 1. The van der Waals surface area contributed by atoms with E-state index < -0.39 is 0 Å². The minimum absolute atomic E-state index is 0.372. The van der Waals surface area contributed by atoms with Gasteiger partial charge in [-0.15, -0.1) is 10.2 Å². The number of hydrogen-bond donors (Lipinski definition) is 1. The third kappa shape index (κ3) is 3.83. The number of nitrogens with zero attached hydrogens (tertiary/aromatic N) is 6. The van der Waals surface area contributed by atoms with Crippen molar-refractivity contribution in [1.82, 2.24) is 24.7 Å². The molecule has 0 bridgehead atoms. The van der Waals surface area contributed by atoms with Crippen molar-refractivity contribution in [3.05, 3.63) is 54.4 Å². The van der Waals surface area contributed by atoms with Crippen molar-refractivity contribution in [2.24, 2.45) is 5.10 Å². The van der Waals surface area contributed by atoms with Gasteiger partial charge in [0.15, 0.2) is 5.65 Å². The molecule has 0 unspecified atom stereocenters. The molecule has 7 heteroatoms. The number of para-hydroxylation sites is 1. The molecule has 0 aliphatic heterocycles. The van der Waals surface area contributed by atoms with Crippen LogP contribution in [0.15, 0.2) is 53.8 Å². The summed E-state index contributed by atoms with van der Waals surface area (Å²) in [6.07, 6.45) is 8.16. The number of fused-ring (bicyclic) bond motifs is 3. The third-order valence-corrected chi connectivity index (χ3v) is 4.66. The largest absolute Gasteiger partial charge is 0.324 e. The number of aromatic nitrogens is 5. The first-order chi connectivity index (χ1) is 13.9. The molecule has 1 aromatic carbocycles. The molecule has 0 amide bonds. The summed E-state index contributed by atoms with van der Waals surface area (Å²) < 4.78 is 2.24. The van der Waals surface area contributed by atoms with Crippen molar-refractivity contribution in [3.8, 4) is 0 Å². The zero-order chi connectivity index (χ0) is 19.2. The van der Waals surface area contributed by atoms with Gasteiger partial charge in [0.05, 0.1) is 17.4 Å². The number of nitrogens with one attached hydrogen (secondary N) is 1. The molecule has 3 heterocycles. The van der Waals surface area contributed by atoms with E-state index in [0.717, 1.165) is 40.7 Å². The SMILES string of the molecule is CCCCCCn1c2ccccc2c2nnc(N/N=C/c3ccccn3)nc21. The number of anilines is 1. The molecule has 0 fully saturated rings. The van der Waals surface area contributed by atoms with E-state index in [4.69, 9.17) is 0 Å². The van der Waals surface area contributed by atoms with Gasteiger partial charge in [-0.1, -0.05) is 50.5 Å². The number of hydrogen-bond acceptors (Lipinski definition) is 6. The van der Waals surface area contributed by atoms with Gasteiger partial charge in [-0.3, -0.25) is 4.98 Å². The Balaban J connectivity index is 1.63. The second-order valence-corrected chi connectivity index (χ2v) is 6.66. The summed E-state index contributed by atoms with van der Waals surface area (Å²) in [5, 5.41) is 13.9. The molecule has 0 saturated heterocycles. The van der Waals surface area contributed by atoms with Crippen LogP contribution in [0.25, 0.3) is 22.1 Å². The lowest BCUT2D eigenvalue weighted by atomic mass is 10.2. The van der Waals surface area contributed by atoms with Crippen molar-refractivity contribution < 1.29 is 0 Å². The minimum atomic E-state index is 0.372. The molecule has 28 heavy (non-hydrogen) atoms. The molecule has 4 rings (SSSR count). The molecule has 0 saturated carbocycles. The van der Waals surface area contributed by atoms with E-state index in [9.17, 15) is 0 Å². The Morgan fingerprint density at radius 1 is 1.04 bits per heavy atom. The lowest BCUT2D eigenvalue weighted by Crippen LogP contribution is -2.03. The molecule has 3 aromatic heterocycles. The van der Waals surface area contributed by atoms with Gasteiger partial charge in [-0.25, -0.2) is 5.43 Å². The van der Waals surface area contributed by atoms with Gasteiger partial charge in [0, 0.05) is 18.1 Å². The van der Waals surface area contributed by atoms with Crippen LogP contribution in [0.4, 0.5) is 5.95 Å². The number of pyridine rings is 1. The fraction of sp³-hybridized carbons (Fsp3) is 0.286. The molecule has 0 spiro atoms. The quantitative estimate of drug-likeness (QED) is 0.281. The van der Waals surface area contributed by atoms with Gasteiger partial charge in [0.25, 0.3) is 5.95 Å². The number of unbranched alkanes of at least 4 members (excludes halogenated alkanes) is 3. The van der Waals surface area contributed by atoms with E-state index in [1.54, 1.807) is 12.4 Å². The third-order valence-electron chi connectivity index (χ3n) is 4.66. The maximum absolute atomic E-state index is 4.69. The first kappa shape index (κ1) is 18.0. The summed E-state index contributed by atoms with van der Waals surface area (Å²) in [6, 6.07) is 13.9. The summed E-state index contributed by atoms with van der Waals surface area (Å²) in [6.45, 7) is 3.14. The molecule has 0 atom stereocenters. The van der Waals surface area contributed by atoms with Crippen molar-refractivity contribution >= 4 is 34.2 Å². The lowest BCUT2D eigenvalue weighted by molar-refractivity contribution is 0.600. The van der Waals surface area contributed by atoms with Crippen LogP contribution in [0.3, 0.4) is 0 Å². The summed E-state index contributed by atoms with van der Waals surface area (Å²) in [4.78, 5) is 8.89. The fourth-order valence-electron chi connectivity index (χ4n) is 3.28. The molecule has 0 radical (unpaired) electrons. The lowest BCUT2D eigenvalue weighted by Gasteiger charge is -2.06. The molecule has 4 aromatic rings. The van der Waals surface area contributed by atoms with Crippen LogP contribution in [0, 0.1) is 0 Å². The normalized spacial score (nSPS) is 11.6. The maximum Gasteiger partial charge on any atom is 0.265 e. The zero-order valence-electron chi connectivity index (χ0n) is 15.9. The van der Waals surface area contributed by atoms with Crippen molar-refractivity contribution in [2.45, 2.75) is 39.2 Å². The average molecular weight is 373 g/mol. The monoisotopic (exact) mass is 373 g/mol. The van der Waals surface area contributed by atoms with Crippen LogP contribution in [0.1, 0.15) is 38.3 Å². The second kappa shape index (κ2) is 8.56. The minimum Gasteiger partial charge on any atom is -0.324 e. The molecular weight excluding hydrogens is 350 g/mol. The van der Waals surface area contributed by atoms with Gasteiger partial charge in [-0.05, 0) is 24.6 Å². The second-order valence-electron chi connectivity index (χ2n) is 6.66. The Morgan fingerprint density at radius 2 is 1.93 bits per heavy atom. The van der Waals surface area contributed by atoms with Crippen LogP contribution < -0.4 is 5.43 Å². The van der Waals surface area contributed by atoms with E-state index in [-0.39, 0.29) is 0 Å². The summed E-state index contributed by atoms with van der Waals surface area (Å²) in [5.74, 6) is 0.372. The predicted octanol–water partition coefficient (Wildman–Crippen LogP) is 4.40. The van der Waals surface area contributed by atoms with Crippen LogP contribution in [0.2, 0.25) is 0 Å². The zero-order valence-corrected chi connectivity index (χ0v) is 15.9. The van der Waals surface area contributed by atoms with Gasteiger partial charge >= 0.3 is 0 Å². The van der Waals surface area contributed by atoms with Crippen LogP contribution >= 0.6 is 0 Å². The highest BCUT2D eigenvalue weighted by atomic mass is 15.4. The Labute approximate surface area is 163 Å².